The van der Waals surface area contributed by atoms with Crippen molar-refractivity contribution in [1.29, 1.82) is 0 Å². The van der Waals surface area contributed by atoms with Crippen molar-refractivity contribution in [3.63, 3.8) is 0 Å². The summed E-state index contributed by atoms with van der Waals surface area (Å²) in [5, 5.41) is 3.24. The van der Waals surface area contributed by atoms with Crippen molar-refractivity contribution < 1.29 is 41.3 Å². The van der Waals surface area contributed by atoms with E-state index in [1.165, 1.54) is 0 Å². The highest BCUT2D eigenvalue weighted by Crippen LogP contribution is 2.49. The second-order valence-corrected chi connectivity index (χ2v) is 24.4. The average molecular weight is 1170 g/mol. The van der Waals surface area contributed by atoms with Gasteiger partial charge in [-0.2, -0.15) is 13.0 Å². The Balaban J connectivity index is 0.971. The number of benzene rings is 7. The fraction of sp³-hybridized carbons (Fsp3) is 0.288. The Morgan fingerprint density at radius 2 is 1.34 bits per heavy atom. The predicted octanol–water partition coefficient (Wildman–Crippen LogP) is 13.8. The van der Waals surface area contributed by atoms with Gasteiger partial charge in [0.05, 0.1) is 38.6 Å². The maximum Gasteiger partial charge on any atom is 0.265 e. The van der Waals surface area contributed by atoms with E-state index >= 15 is 0 Å². The molecule has 1 saturated heterocycles. The standard InChI is InChI=1S/C73H76N4O8S/c1-7-76(8-2)57-32-37-62-66(49-57)85-71-55(18-14-21-63(71)70(62)60-19-12-13-20-61(60)72(78)74-40-42-75-43-45-84-46-44-75)31-39-67-73(3,4)64-48-56(30-38-65(64)77(67)41-15-47-86(79,80)81)50-22-24-52(25-23-50)68(51-16-10-9-11-17-51)69(53-26-33-58(82-5)34-27-53)54-28-35-59(83-6)36-29-54/h9-13,16-17,19-20,22-39,48-49H,7-8,14-15,18,21,40-47H2,1-6H3,(H-,74,78,79,80,81)/p+1. The van der Waals surface area contributed by atoms with Gasteiger partial charge in [-0.25, -0.2) is 0 Å². The zero-order valence-electron chi connectivity index (χ0n) is 50.2. The number of hydrogen-bond acceptors (Lipinski definition) is 9. The summed E-state index contributed by atoms with van der Waals surface area (Å²) in [5.41, 5.74) is 17.6. The number of fused-ring (bicyclic) bond motifs is 3. The molecule has 3 heterocycles. The third-order valence-electron chi connectivity index (χ3n) is 17.3. The van der Waals surface area contributed by atoms with E-state index < -0.39 is 15.5 Å². The predicted molar refractivity (Wildman–Crippen MR) is 346 cm³/mol. The van der Waals surface area contributed by atoms with Crippen molar-refractivity contribution in [3.8, 4) is 28.4 Å². The number of morpholine rings is 1. The molecule has 0 aromatic heterocycles. The van der Waals surface area contributed by atoms with Crippen LogP contribution in [0.25, 0.3) is 27.8 Å². The molecule has 1 aliphatic carbocycles. The van der Waals surface area contributed by atoms with Crippen molar-refractivity contribution in [3.05, 3.63) is 237 Å². The minimum atomic E-state index is -4.21. The lowest BCUT2D eigenvalue weighted by Gasteiger charge is -2.32. The van der Waals surface area contributed by atoms with Gasteiger partial charge in [-0.15, -0.1) is 0 Å². The molecule has 0 spiro atoms. The van der Waals surface area contributed by atoms with Crippen LogP contribution in [0.2, 0.25) is 0 Å². The maximum absolute atomic E-state index is 14.3. The van der Waals surface area contributed by atoms with Crippen LogP contribution in [0.4, 0.5) is 11.4 Å². The number of allylic oxidation sites excluding steroid dienone is 4. The third kappa shape index (κ3) is 12.6. The van der Waals surface area contributed by atoms with Crippen LogP contribution < -0.4 is 24.4 Å². The molecule has 12 nitrogen and oxygen atoms in total. The van der Waals surface area contributed by atoms with Gasteiger partial charge in [-0.1, -0.05) is 97.1 Å². The van der Waals surface area contributed by atoms with Crippen LogP contribution >= 0.6 is 0 Å². The van der Waals surface area contributed by atoms with E-state index in [0.29, 0.717) is 31.9 Å². The zero-order valence-corrected chi connectivity index (χ0v) is 51.0. The number of anilines is 1. The molecule has 3 aliphatic heterocycles. The van der Waals surface area contributed by atoms with Gasteiger partial charge in [0.1, 0.15) is 29.6 Å². The van der Waals surface area contributed by atoms with E-state index in [2.05, 4.69) is 175 Å². The van der Waals surface area contributed by atoms with Crippen LogP contribution in [0.3, 0.4) is 0 Å². The SMILES string of the molecule is CCN(CC)c1ccc2c(c1)OC1=C(/C=C/C3=[N+](CCCS(=O)(=O)O)c4ccc(-c5ccc(C(=C(c6ccc(OC)cc6)c6ccc(OC)cc6)c6ccccc6)cc5)cc4C3(C)C)CCCC1=C2c1ccccc1C(=O)NCCN1CCOCC1. The molecule has 11 rings (SSSR count). The van der Waals surface area contributed by atoms with Crippen molar-refractivity contribution >= 4 is 49.8 Å². The lowest BCUT2D eigenvalue weighted by molar-refractivity contribution is -0.437. The second-order valence-electron chi connectivity index (χ2n) is 22.8. The van der Waals surface area contributed by atoms with Crippen molar-refractivity contribution in [1.82, 2.24) is 10.2 Å². The molecule has 1 amide bonds. The van der Waals surface area contributed by atoms with Crippen LogP contribution in [0.5, 0.6) is 17.2 Å². The molecule has 2 N–H and O–H groups in total. The first-order chi connectivity index (χ1) is 41.8. The van der Waals surface area contributed by atoms with Gasteiger partial charge in [0.25, 0.3) is 16.0 Å². The molecule has 1 fully saturated rings. The van der Waals surface area contributed by atoms with Gasteiger partial charge in [-0.3, -0.25) is 14.2 Å². The normalized spacial score (nSPS) is 15.7. The fourth-order valence-corrected chi connectivity index (χ4v) is 13.3. The highest BCUT2D eigenvalue weighted by atomic mass is 32.2. The van der Waals surface area contributed by atoms with E-state index in [9.17, 15) is 17.8 Å². The number of nitrogens with one attached hydrogen (secondary N) is 1. The van der Waals surface area contributed by atoms with Gasteiger partial charge in [0, 0.05) is 97.4 Å². The van der Waals surface area contributed by atoms with Crippen molar-refractivity contribution in [2.45, 2.75) is 58.8 Å². The number of ether oxygens (including phenoxy) is 4. The van der Waals surface area contributed by atoms with E-state index in [1.54, 1.807) is 14.2 Å². The van der Waals surface area contributed by atoms with E-state index in [4.69, 9.17) is 18.9 Å². The fourth-order valence-electron chi connectivity index (χ4n) is 12.8. The average Bonchev–Trinajstić information content (AvgIpc) is 1.51. The maximum atomic E-state index is 14.3. The summed E-state index contributed by atoms with van der Waals surface area (Å²) in [4.78, 5) is 18.9. The number of methoxy groups -OCH3 is 2. The molecule has 0 atom stereocenters. The molecule has 0 radical (unpaired) electrons. The molecule has 86 heavy (non-hydrogen) atoms. The Kier molecular flexibility index (Phi) is 18.0. The number of amides is 1. The Morgan fingerprint density at radius 3 is 1.98 bits per heavy atom. The van der Waals surface area contributed by atoms with Gasteiger partial charge in [0.15, 0.2) is 5.71 Å². The molecule has 7 aromatic rings. The second kappa shape index (κ2) is 26.1. The van der Waals surface area contributed by atoms with Gasteiger partial charge < -0.3 is 29.2 Å². The molecule has 0 bridgehead atoms. The van der Waals surface area contributed by atoms with Crippen LogP contribution in [-0.4, -0.2) is 113 Å². The number of hydrogen-bond donors (Lipinski definition) is 2. The molecule has 13 heteroatoms. The van der Waals surface area contributed by atoms with E-state index in [1.807, 2.05) is 48.5 Å². The number of rotatable bonds is 21. The third-order valence-corrected chi connectivity index (χ3v) is 18.1. The first-order valence-electron chi connectivity index (χ1n) is 30.1. The minimum Gasteiger partial charge on any atom is -0.497 e. The van der Waals surface area contributed by atoms with E-state index in [0.717, 1.165) is 170 Å². The Bertz CT molecular complexity index is 3860. The Morgan fingerprint density at radius 1 is 0.721 bits per heavy atom. The largest absolute Gasteiger partial charge is 0.497 e. The monoisotopic (exact) mass is 1170 g/mol. The van der Waals surface area contributed by atoms with Crippen LogP contribution in [-0.2, 0) is 20.3 Å². The lowest BCUT2D eigenvalue weighted by Crippen LogP contribution is -2.41. The molecule has 0 saturated carbocycles. The number of nitrogens with zero attached hydrogens (tertiary/aromatic N) is 3. The first-order valence-corrected chi connectivity index (χ1v) is 31.7. The first kappa shape index (κ1) is 59.4. The van der Waals surface area contributed by atoms with Crippen molar-refractivity contribution in [2.24, 2.45) is 0 Å². The smallest absolute Gasteiger partial charge is 0.265 e. The van der Waals surface area contributed by atoms with Crippen LogP contribution in [0, 0.1) is 0 Å². The zero-order chi connectivity index (χ0) is 60.0. The summed E-state index contributed by atoms with van der Waals surface area (Å²) in [6.07, 6.45) is 7.01. The number of carbonyl (C=O) groups excluding carboxylic acids is 1. The molecule has 4 aliphatic rings. The summed E-state index contributed by atoms with van der Waals surface area (Å²) in [6, 6.07) is 56.7. The topological polar surface area (TPSA) is 130 Å². The van der Waals surface area contributed by atoms with Crippen LogP contribution in [0.15, 0.2) is 193 Å². The quantitative estimate of drug-likeness (QED) is 0.0407. The summed E-state index contributed by atoms with van der Waals surface area (Å²) in [7, 11) is -0.849. The highest BCUT2D eigenvalue weighted by Gasteiger charge is 2.45. The summed E-state index contributed by atoms with van der Waals surface area (Å²) in [6.45, 7) is 15.2. The van der Waals surface area contributed by atoms with Gasteiger partial charge in [0.2, 0.25) is 5.69 Å². The Labute approximate surface area is 507 Å². The summed E-state index contributed by atoms with van der Waals surface area (Å²) in [5.74, 6) is 2.64. The van der Waals surface area contributed by atoms with Crippen molar-refractivity contribution in [2.75, 3.05) is 83.9 Å². The molecular formula is C73H77N4O8S+. The summed E-state index contributed by atoms with van der Waals surface area (Å²) < 4.78 is 60.5. The Hall–Kier alpha value is -8.33. The minimum absolute atomic E-state index is 0.112. The van der Waals surface area contributed by atoms with E-state index in [-0.39, 0.29) is 18.1 Å². The molecular weight excluding hydrogens is 1090 g/mol. The molecule has 0 unspecified atom stereocenters. The lowest BCUT2D eigenvalue weighted by atomic mass is 9.79. The van der Waals surface area contributed by atoms with Gasteiger partial charge >= 0.3 is 0 Å². The summed E-state index contributed by atoms with van der Waals surface area (Å²) >= 11 is 0. The van der Waals surface area contributed by atoms with Crippen LogP contribution in [0.1, 0.15) is 103 Å². The molecule has 442 valence electrons. The molecule has 7 aromatic carbocycles. The highest BCUT2D eigenvalue weighted by molar-refractivity contribution is 7.85. The number of carbonyl (C=O) groups is 1. The van der Waals surface area contributed by atoms with Gasteiger partial charge in [-0.05, 0) is 163 Å².